The minimum atomic E-state index is 0.629. The van der Waals surface area contributed by atoms with E-state index in [-0.39, 0.29) is 0 Å². The lowest BCUT2D eigenvalue weighted by Crippen LogP contribution is -2.09. The van der Waals surface area contributed by atoms with E-state index in [1.165, 1.54) is 0 Å². The molecule has 11 aromatic rings. The number of hydrogen-bond donors (Lipinski definition) is 0. The van der Waals surface area contributed by atoms with E-state index in [1.807, 2.05) is 42.5 Å². The first-order valence-corrected chi connectivity index (χ1v) is 18.5. The first kappa shape index (κ1) is 31.1. The van der Waals surface area contributed by atoms with Gasteiger partial charge in [0.1, 0.15) is 16.7 Å². The molecule has 258 valence electrons. The summed E-state index contributed by atoms with van der Waals surface area (Å²) in [4.78, 5) is 7.19. The molecule has 0 bridgehead atoms. The fourth-order valence-corrected chi connectivity index (χ4v) is 8.02. The van der Waals surface area contributed by atoms with Gasteiger partial charge in [0.05, 0.1) is 0 Å². The summed E-state index contributed by atoms with van der Waals surface area (Å²) >= 11 is 0. The van der Waals surface area contributed by atoms with Crippen molar-refractivity contribution in [2.75, 3.05) is 4.90 Å². The average molecular weight is 705 g/mol. The molecule has 0 aliphatic carbocycles. The zero-order chi connectivity index (χ0) is 36.3. The highest BCUT2D eigenvalue weighted by molar-refractivity contribution is 6.18. The molecular formula is C51H32N2O2. The number of nitrogens with zero attached hydrogens (tertiary/aromatic N) is 2. The molecule has 0 spiro atoms. The van der Waals surface area contributed by atoms with Crippen molar-refractivity contribution in [1.82, 2.24) is 4.98 Å². The van der Waals surface area contributed by atoms with Gasteiger partial charge in [-0.1, -0.05) is 127 Å². The van der Waals surface area contributed by atoms with Crippen LogP contribution in [0.25, 0.3) is 88.3 Å². The van der Waals surface area contributed by atoms with Gasteiger partial charge >= 0.3 is 0 Å². The van der Waals surface area contributed by atoms with E-state index in [1.54, 1.807) is 0 Å². The highest BCUT2D eigenvalue weighted by atomic mass is 16.3. The van der Waals surface area contributed by atoms with Crippen molar-refractivity contribution in [2.45, 2.75) is 0 Å². The number of fused-ring (bicyclic) bond motifs is 8. The third-order valence-corrected chi connectivity index (χ3v) is 10.7. The number of benzene rings is 9. The van der Waals surface area contributed by atoms with Gasteiger partial charge in [-0.25, -0.2) is 4.98 Å². The summed E-state index contributed by atoms with van der Waals surface area (Å²) < 4.78 is 12.9. The predicted molar refractivity (Wildman–Crippen MR) is 227 cm³/mol. The number of anilines is 3. The zero-order valence-corrected chi connectivity index (χ0v) is 29.7. The van der Waals surface area contributed by atoms with Gasteiger partial charge in [-0.05, 0) is 99.6 Å². The molecule has 0 aliphatic rings. The van der Waals surface area contributed by atoms with Crippen molar-refractivity contribution in [3.63, 3.8) is 0 Å². The van der Waals surface area contributed by atoms with Crippen LogP contribution in [0.1, 0.15) is 0 Å². The van der Waals surface area contributed by atoms with Gasteiger partial charge in [-0.3, -0.25) is 0 Å². The first-order chi connectivity index (χ1) is 27.2. The van der Waals surface area contributed by atoms with Crippen LogP contribution in [0.5, 0.6) is 0 Å². The normalized spacial score (nSPS) is 11.6. The molecule has 2 aromatic heterocycles. The van der Waals surface area contributed by atoms with E-state index in [0.29, 0.717) is 5.89 Å². The Morgan fingerprint density at radius 1 is 0.382 bits per heavy atom. The lowest BCUT2D eigenvalue weighted by molar-refractivity contribution is 0.623. The summed E-state index contributed by atoms with van der Waals surface area (Å²) in [6.07, 6.45) is 0. The smallest absolute Gasteiger partial charge is 0.227 e. The summed E-state index contributed by atoms with van der Waals surface area (Å²) in [5.74, 6) is 0.629. The van der Waals surface area contributed by atoms with Gasteiger partial charge in [0, 0.05) is 44.3 Å². The van der Waals surface area contributed by atoms with Crippen molar-refractivity contribution in [1.29, 1.82) is 0 Å². The molecule has 0 N–H and O–H groups in total. The van der Waals surface area contributed by atoms with Gasteiger partial charge < -0.3 is 13.7 Å². The molecule has 0 aliphatic heterocycles. The molecule has 9 aromatic carbocycles. The lowest BCUT2D eigenvalue weighted by Gasteiger charge is -2.26. The Morgan fingerprint density at radius 2 is 1.02 bits per heavy atom. The molecular weight excluding hydrogens is 673 g/mol. The van der Waals surface area contributed by atoms with E-state index < -0.39 is 0 Å². The molecule has 4 heteroatoms. The molecule has 0 fully saturated rings. The molecule has 11 rings (SSSR count). The lowest BCUT2D eigenvalue weighted by atomic mass is 9.96. The number of aromatic nitrogens is 1. The standard InChI is InChI=1S/C51H32N2O2/c1-3-11-36(12-4-1)51-52-46-30-27-35-23-21-34-22-24-38(32-45(34)48(35)50(46)55-51)37-13-9-16-41(31-37)53(39-14-5-2-6-15-39)40-28-25-33(26-29-40)42-18-10-19-44-43-17-7-8-20-47(43)54-49(42)44/h1-32H. The number of oxazole rings is 1. The van der Waals surface area contributed by atoms with E-state index in [9.17, 15) is 0 Å². The molecule has 0 amide bonds. The summed E-state index contributed by atoms with van der Waals surface area (Å²) in [5, 5.41) is 6.75. The number of hydrogen-bond acceptors (Lipinski definition) is 4. The fraction of sp³-hybridized carbons (Fsp3) is 0. The Kier molecular flexibility index (Phi) is 7.14. The predicted octanol–water partition coefficient (Wildman–Crippen LogP) is 14.5. The van der Waals surface area contributed by atoms with Crippen LogP contribution in [0.3, 0.4) is 0 Å². The van der Waals surface area contributed by atoms with Crippen LogP contribution in [0.2, 0.25) is 0 Å². The van der Waals surface area contributed by atoms with Gasteiger partial charge in [0.15, 0.2) is 5.58 Å². The highest BCUT2D eigenvalue weighted by Crippen LogP contribution is 2.41. The Hall–Kier alpha value is -7.43. The van der Waals surface area contributed by atoms with E-state index >= 15 is 0 Å². The van der Waals surface area contributed by atoms with Crippen LogP contribution in [0, 0.1) is 0 Å². The summed E-state index contributed by atoms with van der Waals surface area (Å²) in [7, 11) is 0. The van der Waals surface area contributed by atoms with Crippen molar-refractivity contribution < 1.29 is 8.83 Å². The maximum Gasteiger partial charge on any atom is 0.227 e. The Balaban J connectivity index is 1.01. The van der Waals surface area contributed by atoms with Crippen LogP contribution < -0.4 is 4.90 Å². The van der Waals surface area contributed by atoms with Crippen LogP contribution >= 0.6 is 0 Å². The number of furan rings is 1. The van der Waals surface area contributed by atoms with Crippen molar-refractivity contribution in [2.24, 2.45) is 0 Å². The molecule has 0 saturated carbocycles. The number of para-hydroxylation sites is 3. The summed E-state index contributed by atoms with van der Waals surface area (Å²) in [6, 6.07) is 68.1. The van der Waals surface area contributed by atoms with E-state index in [4.69, 9.17) is 13.8 Å². The topological polar surface area (TPSA) is 42.4 Å². The van der Waals surface area contributed by atoms with Gasteiger partial charge in [0.2, 0.25) is 5.89 Å². The third-order valence-electron chi connectivity index (χ3n) is 10.7. The molecule has 0 saturated heterocycles. The third kappa shape index (κ3) is 5.26. The Bertz CT molecular complexity index is 3200. The largest absolute Gasteiger partial charge is 0.455 e. The molecule has 0 atom stereocenters. The summed E-state index contributed by atoms with van der Waals surface area (Å²) in [6.45, 7) is 0. The molecule has 55 heavy (non-hydrogen) atoms. The van der Waals surface area contributed by atoms with Gasteiger partial charge in [0.25, 0.3) is 0 Å². The van der Waals surface area contributed by atoms with Crippen LogP contribution in [-0.2, 0) is 0 Å². The fourth-order valence-electron chi connectivity index (χ4n) is 8.02. The summed E-state index contributed by atoms with van der Waals surface area (Å²) in [5.41, 5.74) is 12.1. The van der Waals surface area contributed by atoms with Crippen molar-refractivity contribution in [3.8, 4) is 33.7 Å². The van der Waals surface area contributed by atoms with Crippen LogP contribution in [0.4, 0.5) is 17.1 Å². The quantitative estimate of drug-likeness (QED) is 0.162. The van der Waals surface area contributed by atoms with E-state index in [0.717, 1.165) is 99.5 Å². The second-order valence-electron chi connectivity index (χ2n) is 13.9. The Morgan fingerprint density at radius 3 is 1.89 bits per heavy atom. The zero-order valence-electron chi connectivity index (χ0n) is 29.7. The SMILES string of the molecule is c1ccc(-c2nc3ccc4ccc5ccc(-c6cccc(N(c7ccccc7)c7ccc(-c8cccc9c8oc8ccccc89)cc7)c6)cc5c4c3o2)cc1. The molecule has 2 heterocycles. The van der Waals surface area contributed by atoms with Crippen molar-refractivity contribution in [3.05, 3.63) is 194 Å². The van der Waals surface area contributed by atoms with Crippen LogP contribution in [0.15, 0.2) is 203 Å². The monoisotopic (exact) mass is 704 g/mol. The minimum Gasteiger partial charge on any atom is -0.455 e. The molecule has 0 unspecified atom stereocenters. The first-order valence-electron chi connectivity index (χ1n) is 18.5. The maximum absolute atomic E-state index is 6.52. The van der Waals surface area contributed by atoms with E-state index in [2.05, 4.69) is 157 Å². The molecule has 0 radical (unpaired) electrons. The second kappa shape index (κ2) is 12.6. The van der Waals surface area contributed by atoms with Gasteiger partial charge in [-0.2, -0.15) is 0 Å². The number of rotatable bonds is 6. The van der Waals surface area contributed by atoms with Crippen LogP contribution in [-0.4, -0.2) is 4.98 Å². The maximum atomic E-state index is 6.52. The average Bonchev–Trinajstić information content (AvgIpc) is 3.87. The Labute approximate surface area is 317 Å². The second-order valence-corrected chi connectivity index (χ2v) is 13.9. The van der Waals surface area contributed by atoms with Crippen molar-refractivity contribution >= 4 is 71.6 Å². The molecule has 4 nitrogen and oxygen atoms in total. The highest BCUT2D eigenvalue weighted by Gasteiger charge is 2.17. The van der Waals surface area contributed by atoms with Gasteiger partial charge in [-0.15, -0.1) is 0 Å². The minimum absolute atomic E-state index is 0.629.